The van der Waals surface area contributed by atoms with Gasteiger partial charge in [-0.05, 0) is 32.2 Å². The van der Waals surface area contributed by atoms with Crippen LogP contribution in [0.5, 0.6) is 0 Å². The molecular formula is C11H14NO2-. The van der Waals surface area contributed by atoms with Gasteiger partial charge in [-0.25, -0.2) is 0 Å². The van der Waals surface area contributed by atoms with Gasteiger partial charge < -0.3 is 5.11 Å². The lowest BCUT2D eigenvalue weighted by Gasteiger charge is -2.28. The van der Waals surface area contributed by atoms with Crippen molar-refractivity contribution in [2.24, 2.45) is 0 Å². The lowest BCUT2D eigenvalue weighted by molar-refractivity contribution is -0.311. The summed E-state index contributed by atoms with van der Waals surface area (Å²) in [5.41, 5.74) is 0.640. The van der Waals surface area contributed by atoms with E-state index in [0.29, 0.717) is 12.0 Å². The molecule has 76 valence electrons. The van der Waals surface area contributed by atoms with Crippen LogP contribution in [0.4, 0.5) is 0 Å². The lowest BCUT2D eigenvalue weighted by Crippen LogP contribution is -2.37. The molecule has 0 bridgehead atoms. The van der Waals surface area contributed by atoms with E-state index in [1.165, 1.54) is 0 Å². The van der Waals surface area contributed by atoms with Gasteiger partial charge in [0.15, 0.2) is 5.78 Å². The Labute approximate surface area is 83.4 Å². The number of Topliss-reactive ketones (excluding diaryl/α,β-unsaturated/α-hetero) is 1. The third kappa shape index (κ3) is 0.934. The van der Waals surface area contributed by atoms with Crippen LogP contribution in [0, 0.1) is 0 Å². The summed E-state index contributed by atoms with van der Waals surface area (Å²) < 4.78 is 0. The molecule has 2 fully saturated rings. The fourth-order valence-electron chi connectivity index (χ4n) is 3.18. The van der Waals surface area contributed by atoms with Gasteiger partial charge >= 0.3 is 0 Å². The summed E-state index contributed by atoms with van der Waals surface area (Å²) in [7, 11) is 0. The maximum absolute atomic E-state index is 11.9. The Morgan fingerprint density at radius 3 is 2.86 bits per heavy atom. The Balaban J connectivity index is 2.02. The number of rotatable bonds is 0. The maximum Gasteiger partial charge on any atom is 0.159 e. The zero-order valence-corrected chi connectivity index (χ0v) is 8.16. The summed E-state index contributed by atoms with van der Waals surface area (Å²) in [6.45, 7) is 1.01. The van der Waals surface area contributed by atoms with E-state index in [9.17, 15) is 9.90 Å². The Kier molecular flexibility index (Phi) is 1.71. The molecule has 1 aliphatic carbocycles. The van der Waals surface area contributed by atoms with Gasteiger partial charge in [-0.2, -0.15) is 0 Å². The molecule has 2 heterocycles. The van der Waals surface area contributed by atoms with Crippen molar-refractivity contribution in [3.8, 4) is 0 Å². The van der Waals surface area contributed by atoms with Crippen LogP contribution in [0.3, 0.4) is 0 Å². The fourth-order valence-corrected chi connectivity index (χ4v) is 3.18. The predicted molar refractivity (Wildman–Crippen MR) is 49.4 cm³/mol. The monoisotopic (exact) mass is 192 g/mol. The third-order valence-corrected chi connectivity index (χ3v) is 3.78. The minimum atomic E-state index is 0.0667. The minimum absolute atomic E-state index is 0.0667. The Bertz CT molecular complexity index is 321. The van der Waals surface area contributed by atoms with E-state index in [0.717, 1.165) is 32.2 Å². The van der Waals surface area contributed by atoms with Crippen molar-refractivity contribution in [1.29, 1.82) is 0 Å². The summed E-state index contributed by atoms with van der Waals surface area (Å²) in [4.78, 5) is 13.9. The SMILES string of the molecule is O=C1CCCC2C1=C([O-])C1CCCN12. The fraction of sp³-hybridized carbons (Fsp3) is 0.727. The highest BCUT2D eigenvalue weighted by atomic mass is 16.3. The zero-order valence-electron chi connectivity index (χ0n) is 8.16. The van der Waals surface area contributed by atoms with Crippen LogP contribution in [0.2, 0.25) is 0 Å². The van der Waals surface area contributed by atoms with E-state index in [4.69, 9.17) is 0 Å². The highest BCUT2D eigenvalue weighted by molar-refractivity contribution is 5.98. The Morgan fingerprint density at radius 2 is 2.00 bits per heavy atom. The van der Waals surface area contributed by atoms with E-state index in [-0.39, 0.29) is 23.6 Å². The number of hydrogen-bond donors (Lipinski definition) is 0. The van der Waals surface area contributed by atoms with Crippen LogP contribution < -0.4 is 5.11 Å². The van der Waals surface area contributed by atoms with Gasteiger partial charge in [0.2, 0.25) is 0 Å². The Morgan fingerprint density at radius 1 is 1.21 bits per heavy atom. The minimum Gasteiger partial charge on any atom is -0.874 e. The number of carbonyl (C=O) groups excluding carboxylic acids is 1. The summed E-state index contributed by atoms with van der Waals surface area (Å²) >= 11 is 0. The van der Waals surface area contributed by atoms with Crippen LogP contribution in [-0.2, 0) is 4.79 Å². The first-order chi connectivity index (χ1) is 6.79. The number of carbonyl (C=O) groups is 1. The van der Waals surface area contributed by atoms with Gasteiger partial charge in [0.05, 0.1) is 0 Å². The second-order valence-electron chi connectivity index (χ2n) is 4.50. The van der Waals surface area contributed by atoms with Gasteiger partial charge in [0, 0.05) is 24.1 Å². The van der Waals surface area contributed by atoms with E-state index in [2.05, 4.69) is 4.90 Å². The maximum atomic E-state index is 11.9. The molecule has 0 radical (unpaired) electrons. The van der Waals surface area contributed by atoms with Gasteiger partial charge in [0.25, 0.3) is 0 Å². The quantitative estimate of drug-likeness (QED) is 0.550. The molecule has 2 unspecified atom stereocenters. The summed E-state index contributed by atoms with van der Waals surface area (Å²) in [6.07, 6.45) is 4.66. The number of ketones is 1. The van der Waals surface area contributed by atoms with Gasteiger partial charge in [-0.15, -0.1) is 5.76 Å². The summed E-state index contributed by atoms with van der Waals surface area (Å²) in [6, 6.07) is 0.258. The van der Waals surface area contributed by atoms with Crippen LogP contribution in [0.1, 0.15) is 32.1 Å². The topological polar surface area (TPSA) is 43.4 Å². The first kappa shape index (κ1) is 8.48. The molecule has 0 amide bonds. The summed E-state index contributed by atoms with van der Waals surface area (Å²) in [5.74, 6) is 0.276. The van der Waals surface area contributed by atoms with Crippen molar-refractivity contribution in [3.63, 3.8) is 0 Å². The zero-order chi connectivity index (χ0) is 9.71. The summed E-state index contributed by atoms with van der Waals surface area (Å²) in [5, 5.41) is 11.9. The van der Waals surface area contributed by atoms with Crippen molar-refractivity contribution in [1.82, 2.24) is 4.90 Å². The van der Waals surface area contributed by atoms with E-state index >= 15 is 0 Å². The van der Waals surface area contributed by atoms with E-state index < -0.39 is 0 Å². The smallest absolute Gasteiger partial charge is 0.159 e. The largest absolute Gasteiger partial charge is 0.874 e. The molecule has 0 aromatic rings. The van der Waals surface area contributed by atoms with E-state index in [1.54, 1.807) is 0 Å². The molecule has 0 spiro atoms. The second kappa shape index (κ2) is 2.83. The van der Waals surface area contributed by atoms with Gasteiger partial charge in [-0.1, -0.05) is 0 Å². The molecule has 2 atom stereocenters. The average molecular weight is 192 g/mol. The molecule has 2 aliphatic heterocycles. The molecule has 3 rings (SSSR count). The Hall–Kier alpha value is -0.830. The van der Waals surface area contributed by atoms with Crippen molar-refractivity contribution in [2.75, 3.05) is 6.54 Å². The molecule has 0 aromatic heterocycles. The molecule has 1 saturated heterocycles. The number of fused-ring (bicyclic) bond motifs is 3. The van der Waals surface area contributed by atoms with Gasteiger partial charge in [-0.3, -0.25) is 9.69 Å². The standard InChI is InChI=1S/C11H15NO2/c13-9-5-1-3-7-10(9)11(14)8-4-2-6-12(7)8/h7-8,14H,1-6H2/p-1. The number of nitrogens with zero attached hydrogens (tertiary/aromatic N) is 1. The average Bonchev–Trinajstić information content (AvgIpc) is 2.71. The highest BCUT2D eigenvalue weighted by Crippen LogP contribution is 2.40. The molecule has 3 heteroatoms. The van der Waals surface area contributed by atoms with Crippen LogP contribution in [0.25, 0.3) is 0 Å². The molecule has 14 heavy (non-hydrogen) atoms. The van der Waals surface area contributed by atoms with Crippen molar-refractivity contribution < 1.29 is 9.90 Å². The second-order valence-corrected chi connectivity index (χ2v) is 4.50. The van der Waals surface area contributed by atoms with Crippen LogP contribution in [0.15, 0.2) is 11.3 Å². The molecule has 0 N–H and O–H groups in total. The van der Waals surface area contributed by atoms with Crippen molar-refractivity contribution >= 4 is 5.78 Å². The van der Waals surface area contributed by atoms with Crippen molar-refractivity contribution in [3.05, 3.63) is 11.3 Å². The molecular weight excluding hydrogens is 178 g/mol. The molecule has 3 nitrogen and oxygen atoms in total. The van der Waals surface area contributed by atoms with E-state index in [1.807, 2.05) is 0 Å². The van der Waals surface area contributed by atoms with Crippen molar-refractivity contribution in [2.45, 2.75) is 44.2 Å². The van der Waals surface area contributed by atoms with Gasteiger partial charge in [0.1, 0.15) is 0 Å². The third-order valence-electron chi connectivity index (χ3n) is 3.78. The predicted octanol–water partition coefficient (Wildman–Crippen LogP) is 0.200. The molecule has 3 aliphatic rings. The lowest BCUT2D eigenvalue weighted by atomic mass is 9.89. The molecule has 1 saturated carbocycles. The highest BCUT2D eigenvalue weighted by Gasteiger charge is 2.42. The normalized spacial score (nSPS) is 37.6. The van der Waals surface area contributed by atoms with Crippen LogP contribution in [-0.4, -0.2) is 29.3 Å². The number of hydrogen-bond acceptors (Lipinski definition) is 3. The van der Waals surface area contributed by atoms with Crippen LogP contribution >= 0.6 is 0 Å². The first-order valence-corrected chi connectivity index (χ1v) is 5.49. The first-order valence-electron chi connectivity index (χ1n) is 5.49. The molecule has 0 aromatic carbocycles.